The molecule has 0 saturated carbocycles. The number of hydrogen-bond donors (Lipinski definition) is 1. The molecule has 112 valence electrons. The van der Waals surface area contributed by atoms with Crippen LogP contribution in [0.15, 0.2) is 0 Å². The van der Waals surface area contributed by atoms with Crippen LogP contribution in [0.2, 0.25) is 5.28 Å². The minimum absolute atomic E-state index is 0.109. The molecule has 0 atom stereocenters. The first-order valence-corrected chi connectivity index (χ1v) is 8.14. The summed E-state index contributed by atoms with van der Waals surface area (Å²) in [5.41, 5.74) is 0. The number of morpholine rings is 1. The van der Waals surface area contributed by atoms with E-state index in [4.69, 9.17) is 16.3 Å². The third-order valence-electron chi connectivity index (χ3n) is 3.12. The summed E-state index contributed by atoms with van der Waals surface area (Å²) in [7, 11) is 0. The minimum Gasteiger partial charge on any atom is -0.378 e. The predicted molar refractivity (Wildman–Crippen MR) is 84.0 cm³/mol. The van der Waals surface area contributed by atoms with Gasteiger partial charge >= 0.3 is 0 Å². The van der Waals surface area contributed by atoms with Gasteiger partial charge in [0.05, 0.1) is 13.2 Å². The number of hydrogen-bond acceptors (Lipinski definition) is 7. The highest BCUT2D eigenvalue weighted by molar-refractivity contribution is 7.99. The summed E-state index contributed by atoms with van der Waals surface area (Å²) < 4.78 is 5.43. The van der Waals surface area contributed by atoms with E-state index in [0.29, 0.717) is 25.1 Å². The van der Waals surface area contributed by atoms with Crippen molar-refractivity contribution in [1.29, 1.82) is 0 Å². The zero-order valence-electron chi connectivity index (χ0n) is 12.0. The second-order valence-corrected chi connectivity index (χ2v) is 7.00. The summed E-state index contributed by atoms with van der Waals surface area (Å²) in [5, 5.41) is 3.44. The van der Waals surface area contributed by atoms with E-state index in [1.54, 1.807) is 11.8 Å². The fraction of sp³-hybridized carbons (Fsp3) is 0.750. The molecule has 1 aliphatic rings. The van der Waals surface area contributed by atoms with Gasteiger partial charge in [-0.3, -0.25) is 0 Å². The zero-order chi connectivity index (χ0) is 14.6. The summed E-state index contributed by atoms with van der Waals surface area (Å²) in [6, 6.07) is 0. The van der Waals surface area contributed by atoms with Crippen molar-refractivity contribution in [3.05, 3.63) is 5.28 Å². The quantitative estimate of drug-likeness (QED) is 0.890. The smallest absolute Gasteiger partial charge is 0.231 e. The Hall–Kier alpha value is -0.790. The second-order valence-electron chi connectivity index (χ2n) is 5.14. The maximum atomic E-state index is 5.99. The van der Waals surface area contributed by atoms with Crippen LogP contribution in [0.3, 0.4) is 0 Å². The Morgan fingerprint density at radius 2 is 2.00 bits per heavy atom. The molecule has 20 heavy (non-hydrogen) atoms. The molecule has 1 aromatic rings. The first-order valence-electron chi connectivity index (χ1n) is 6.53. The normalized spacial score (nSPS) is 16.3. The molecule has 1 N–H and O–H groups in total. The molecule has 1 saturated heterocycles. The molecule has 0 aliphatic carbocycles. The number of halogens is 1. The lowest BCUT2D eigenvalue weighted by Gasteiger charge is -2.27. The highest BCUT2D eigenvalue weighted by Crippen LogP contribution is 2.22. The molecule has 0 radical (unpaired) electrons. The van der Waals surface area contributed by atoms with E-state index < -0.39 is 0 Å². The van der Waals surface area contributed by atoms with E-state index >= 15 is 0 Å². The monoisotopic (exact) mass is 317 g/mol. The molecule has 0 unspecified atom stereocenters. The van der Waals surface area contributed by atoms with E-state index in [1.807, 2.05) is 0 Å². The fourth-order valence-electron chi connectivity index (χ4n) is 1.69. The third kappa shape index (κ3) is 4.36. The maximum absolute atomic E-state index is 5.99. The largest absolute Gasteiger partial charge is 0.378 e. The zero-order valence-corrected chi connectivity index (χ0v) is 13.6. The molecule has 0 bridgehead atoms. The van der Waals surface area contributed by atoms with E-state index in [1.165, 1.54) is 0 Å². The van der Waals surface area contributed by atoms with Gasteiger partial charge < -0.3 is 15.0 Å². The van der Waals surface area contributed by atoms with Crippen LogP contribution in [0.5, 0.6) is 0 Å². The van der Waals surface area contributed by atoms with Gasteiger partial charge in [0.2, 0.25) is 17.2 Å². The molecule has 8 heteroatoms. The Labute approximate surface area is 128 Å². The van der Waals surface area contributed by atoms with Crippen molar-refractivity contribution in [2.75, 3.05) is 49.3 Å². The molecular formula is C12H20ClN5OS. The summed E-state index contributed by atoms with van der Waals surface area (Å²) in [6.07, 6.45) is 2.08. The Morgan fingerprint density at radius 3 is 2.65 bits per heavy atom. The van der Waals surface area contributed by atoms with Crippen molar-refractivity contribution in [2.45, 2.75) is 18.6 Å². The fourth-order valence-corrected chi connectivity index (χ4v) is 2.06. The predicted octanol–water partition coefficient (Wildman–Crippen LogP) is 1.92. The first kappa shape index (κ1) is 15.6. The van der Waals surface area contributed by atoms with E-state index in [2.05, 4.69) is 45.3 Å². The van der Waals surface area contributed by atoms with Crippen LogP contribution in [-0.4, -0.2) is 58.8 Å². The number of aromatic nitrogens is 3. The number of thioether (sulfide) groups is 1. The van der Waals surface area contributed by atoms with Crippen LogP contribution < -0.4 is 10.2 Å². The van der Waals surface area contributed by atoms with E-state index in [-0.39, 0.29) is 10.0 Å². The highest BCUT2D eigenvalue weighted by atomic mass is 35.5. The van der Waals surface area contributed by atoms with Crippen molar-refractivity contribution < 1.29 is 4.74 Å². The molecule has 0 spiro atoms. The molecule has 2 rings (SSSR count). The van der Waals surface area contributed by atoms with E-state index in [0.717, 1.165) is 19.6 Å². The molecule has 6 nitrogen and oxygen atoms in total. The topological polar surface area (TPSA) is 63.2 Å². The number of ether oxygens (including phenoxy) is 1. The van der Waals surface area contributed by atoms with Crippen molar-refractivity contribution in [1.82, 2.24) is 15.0 Å². The maximum Gasteiger partial charge on any atom is 0.231 e. The van der Waals surface area contributed by atoms with Gasteiger partial charge in [0, 0.05) is 24.4 Å². The average Bonchev–Trinajstić information content (AvgIpc) is 2.46. The number of anilines is 2. The molecular weight excluding hydrogens is 298 g/mol. The third-order valence-corrected chi connectivity index (χ3v) is 4.53. The molecule has 0 amide bonds. The number of nitrogens with one attached hydrogen (secondary N) is 1. The van der Waals surface area contributed by atoms with Crippen molar-refractivity contribution >= 4 is 35.3 Å². The van der Waals surface area contributed by atoms with Crippen LogP contribution in [0, 0.1) is 0 Å². The van der Waals surface area contributed by atoms with Crippen LogP contribution in [-0.2, 0) is 4.74 Å². The molecule has 2 heterocycles. The Morgan fingerprint density at radius 1 is 1.30 bits per heavy atom. The Bertz CT molecular complexity index is 453. The molecule has 1 aromatic heterocycles. The van der Waals surface area contributed by atoms with Crippen LogP contribution in [0.1, 0.15) is 13.8 Å². The summed E-state index contributed by atoms with van der Waals surface area (Å²) in [5.74, 6) is 1.13. The SMILES string of the molecule is CSC(C)(C)CNc1nc(Cl)nc(N2CCOCC2)n1. The van der Waals surface area contributed by atoms with Crippen LogP contribution in [0.25, 0.3) is 0 Å². The van der Waals surface area contributed by atoms with Crippen molar-refractivity contribution in [2.24, 2.45) is 0 Å². The average molecular weight is 318 g/mol. The Kier molecular flexibility index (Phi) is 5.29. The van der Waals surface area contributed by atoms with Gasteiger partial charge in [0.25, 0.3) is 0 Å². The number of nitrogens with zero attached hydrogens (tertiary/aromatic N) is 4. The van der Waals surface area contributed by atoms with Gasteiger partial charge in [-0.1, -0.05) is 0 Å². The molecule has 1 aliphatic heterocycles. The van der Waals surface area contributed by atoms with Gasteiger partial charge in [-0.2, -0.15) is 26.7 Å². The first-order chi connectivity index (χ1) is 9.50. The minimum atomic E-state index is 0.109. The van der Waals surface area contributed by atoms with Crippen molar-refractivity contribution in [3.63, 3.8) is 0 Å². The second kappa shape index (κ2) is 6.78. The van der Waals surface area contributed by atoms with Gasteiger partial charge in [-0.25, -0.2) is 0 Å². The molecule has 0 aromatic carbocycles. The number of rotatable bonds is 5. The standard InChI is InChI=1S/C12H20ClN5OS/c1-12(2,20-3)8-14-10-15-9(13)16-11(17-10)18-4-6-19-7-5-18/h4-8H2,1-3H3,(H,14,15,16,17). The van der Waals surface area contributed by atoms with E-state index in [9.17, 15) is 0 Å². The lowest BCUT2D eigenvalue weighted by molar-refractivity contribution is 0.122. The van der Waals surface area contributed by atoms with Gasteiger partial charge in [-0.15, -0.1) is 0 Å². The van der Waals surface area contributed by atoms with Crippen molar-refractivity contribution in [3.8, 4) is 0 Å². The van der Waals surface area contributed by atoms with Gasteiger partial charge in [0.15, 0.2) is 0 Å². The lowest BCUT2D eigenvalue weighted by atomic mass is 10.2. The van der Waals surface area contributed by atoms with Crippen LogP contribution >= 0.6 is 23.4 Å². The van der Waals surface area contributed by atoms with Gasteiger partial charge in [-0.05, 0) is 31.7 Å². The lowest BCUT2D eigenvalue weighted by Crippen LogP contribution is -2.37. The molecule has 1 fully saturated rings. The summed E-state index contributed by atoms with van der Waals surface area (Å²) >= 11 is 7.78. The summed E-state index contributed by atoms with van der Waals surface area (Å²) in [4.78, 5) is 14.8. The summed E-state index contributed by atoms with van der Waals surface area (Å²) in [6.45, 7) is 8.01. The van der Waals surface area contributed by atoms with Gasteiger partial charge in [0.1, 0.15) is 0 Å². The van der Waals surface area contributed by atoms with Crippen LogP contribution in [0.4, 0.5) is 11.9 Å². The Balaban J connectivity index is 2.08. The highest BCUT2D eigenvalue weighted by Gasteiger charge is 2.19.